The second-order valence-electron chi connectivity index (χ2n) is 8.52. The number of carbonyl (C=O) groups is 1. The Morgan fingerprint density at radius 3 is 2.25 bits per heavy atom. The lowest BCUT2D eigenvalue weighted by Gasteiger charge is -2.54. The standard InChI is InChI=1S/C24H26F4N2OS/c1-32-20-15-17(24(26,27)28)7-10-19(20)22(31)29-21(16-5-8-18(25)9-6-16)23(11-4-12-23)30-13-2-3-14-30/h5-10,15,21H,2-4,11-14H2,1H3,(H,29,31). The van der Waals surface area contributed by atoms with Crippen LogP contribution < -0.4 is 5.32 Å². The summed E-state index contributed by atoms with van der Waals surface area (Å²) in [6.07, 6.45) is 2.25. The molecule has 172 valence electrons. The Morgan fingerprint density at radius 1 is 1.06 bits per heavy atom. The van der Waals surface area contributed by atoms with Crippen LogP contribution >= 0.6 is 11.8 Å². The summed E-state index contributed by atoms with van der Waals surface area (Å²) in [4.78, 5) is 16.0. The molecule has 4 rings (SSSR count). The Balaban J connectivity index is 1.68. The molecule has 1 heterocycles. The van der Waals surface area contributed by atoms with Crippen molar-refractivity contribution in [3.63, 3.8) is 0 Å². The van der Waals surface area contributed by atoms with Crippen molar-refractivity contribution >= 4 is 17.7 Å². The average molecular weight is 467 g/mol. The molecule has 2 aliphatic rings. The molecule has 0 aromatic heterocycles. The van der Waals surface area contributed by atoms with Crippen molar-refractivity contribution in [2.24, 2.45) is 0 Å². The molecule has 8 heteroatoms. The first-order valence-electron chi connectivity index (χ1n) is 10.8. The highest BCUT2D eigenvalue weighted by atomic mass is 32.2. The molecule has 1 unspecified atom stereocenters. The van der Waals surface area contributed by atoms with Crippen LogP contribution in [0.25, 0.3) is 0 Å². The van der Waals surface area contributed by atoms with Crippen LogP contribution in [0.5, 0.6) is 0 Å². The fraction of sp³-hybridized carbons (Fsp3) is 0.458. The van der Waals surface area contributed by atoms with Gasteiger partial charge in [-0.15, -0.1) is 11.8 Å². The number of hydrogen-bond donors (Lipinski definition) is 1. The number of benzene rings is 2. The van der Waals surface area contributed by atoms with Crippen molar-refractivity contribution in [2.45, 2.75) is 54.8 Å². The van der Waals surface area contributed by atoms with Crippen LogP contribution in [-0.2, 0) is 6.18 Å². The largest absolute Gasteiger partial charge is 0.416 e. The van der Waals surface area contributed by atoms with Gasteiger partial charge in [0.25, 0.3) is 5.91 Å². The minimum atomic E-state index is -4.47. The van der Waals surface area contributed by atoms with E-state index in [1.807, 2.05) is 0 Å². The van der Waals surface area contributed by atoms with Crippen LogP contribution in [0.2, 0.25) is 0 Å². The van der Waals surface area contributed by atoms with E-state index in [0.717, 1.165) is 74.7 Å². The summed E-state index contributed by atoms with van der Waals surface area (Å²) in [5, 5.41) is 3.12. The monoisotopic (exact) mass is 466 g/mol. The van der Waals surface area contributed by atoms with E-state index in [1.54, 1.807) is 18.4 Å². The highest BCUT2D eigenvalue weighted by Crippen LogP contribution is 2.48. The maximum Gasteiger partial charge on any atom is 0.416 e. The quantitative estimate of drug-likeness (QED) is 0.415. The molecular weight excluding hydrogens is 440 g/mol. The van der Waals surface area contributed by atoms with Gasteiger partial charge in [0.2, 0.25) is 0 Å². The van der Waals surface area contributed by atoms with Gasteiger partial charge in [0.05, 0.1) is 17.2 Å². The fourth-order valence-electron chi connectivity index (χ4n) is 4.94. The Bertz CT molecular complexity index is 967. The van der Waals surface area contributed by atoms with Crippen LogP contribution in [0.15, 0.2) is 47.4 Å². The summed E-state index contributed by atoms with van der Waals surface area (Å²) in [5.74, 6) is -0.766. The highest BCUT2D eigenvalue weighted by Gasteiger charge is 2.50. The number of carbonyl (C=O) groups excluding carboxylic acids is 1. The summed E-state index contributed by atoms with van der Waals surface area (Å²) in [5.41, 5.74) is -0.00595. The molecule has 1 saturated carbocycles. The van der Waals surface area contributed by atoms with Gasteiger partial charge in [-0.2, -0.15) is 13.2 Å². The zero-order valence-corrected chi connectivity index (χ0v) is 18.7. The molecule has 1 atom stereocenters. The smallest absolute Gasteiger partial charge is 0.343 e. The number of nitrogens with one attached hydrogen (secondary N) is 1. The van der Waals surface area contributed by atoms with Gasteiger partial charge in [-0.3, -0.25) is 9.69 Å². The number of amides is 1. The van der Waals surface area contributed by atoms with Crippen molar-refractivity contribution in [1.29, 1.82) is 0 Å². The number of alkyl halides is 3. The van der Waals surface area contributed by atoms with Gasteiger partial charge in [-0.05, 0) is 87.3 Å². The van der Waals surface area contributed by atoms with Crippen molar-refractivity contribution in [2.75, 3.05) is 19.3 Å². The number of hydrogen-bond acceptors (Lipinski definition) is 3. The molecule has 1 saturated heterocycles. The first-order valence-corrected chi connectivity index (χ1v) is 12.0. The molecule has 1 aliphatic carbocycles. The first kappa shape index (κ1) is 23.1. The third-order valence-electron chi connectivity index (χ3n) is 6.74. The summed E-state index contributed by atoms with van der Waals surface area (Å²) < 4.78 is 53.0. The fourth-order valence-corrected chi connectivity index (χ4v) is 5.56. The number of nitrogens with zero attached hydrogens (tertiary/aromatic N) is 1. The number of thioether (sulfide) groups is 1. The lowest BCUT2D eigenvalue weighted by molar-refractivity contribution is -0.137. The normalized spacial score (nSPS) is 19.4. The van der Waals surface area contributed by atoms with E-state index in [4.69, 9.17) is 0 Å². The molecule has 2 aromatic rings. The molecule has 32 heavy (non-hydrogen) atoms. The predicted molar refractivity (Wildman–Crippen MR) is 117 cm³/mol. The molecule has 0 bridgehead atoms. The maximum absolute atomic E-state index is 13.6. The third-order valence-corrected chi connectivity index (χ3v) is 7.52. The minimum Gasteiger partial charge on any atom is -0.343 e. The topological polar surface area (TPSA) is 32.3 Å². The zero-order valence-electron chi connectivity index (χ0n) is 17.8. The second kappa shape index (κ2) is 9.06. The molecule has 3 nitrogen and oxygen atoms in total. The molecule has 2 fully saturated rings. The lowest BCUT2D eigenvalue weighted by Crippen LogP contribution is -2.60. The Hall–Kier alpha value is -2.06. The summed E-state index contributed by atoms with van der Waals surface area (Å²) in [6, 6.07) is 8.99. The van der Waals surface area contributed by atoms with Gasteiger partial charge in [-0.1, -0.05) is 12.1 Å². The van der Waals surface area contributed by atoms with Gasteiger partial charge in [0.1, 0.15) is 5.82 Å². The molecule has 0 radical (unpaired) electrons. The van der Waals surface area contributed by atoms with Crippen molar-refractivity contribution in [3.05, 3.63) is 65.0 Å². The number of likely N-dealkylation sites (tertiary alicyclic amines) is 1. The van der Waals surface area contributed by atoms with E-state index in [2.05, 4.69) is 10.2 Å². The average Bonchev–Trinajstić information content (AvgIpc) is 3.26. The molecule has 2 aromatic carbocycles. The van der Waals surface area contributed by atoms with Gasteiger partial charge in [-0.25, -0.2) is 4.39 Å². The van der Waals surface area contributed by atoms with Gasteiger partial charge in [0.15, 0.2) is 0 Å². The van der Waals surface area contributed by atoms with E-state index in [1.165, 1.54) is 18.2 Å². The minimum absolute atomic E-state index is 0.216. The lowest BCUT2D eigenvalue weighted by atomic mass is 9.68. The molecule has 1 amide bonds. The Kier molecular flexibility index (Phi) is 6.54. The van der Waals surface area contributed by atoms with E-state index in [9.17, 15) is 22.4 Å². The van der Waals surface area contributed by atoms with Crippen LogP contribution in [0, 0.1) is 5.82 Å². The third kappa shape index (κ3) is 4.39. The number of rotatable bonds is 6. The van der Waals surface area contributed by atoms with Gasteiger partial charge < -0.3 is 5.32 Å². The summed E-state index contributed by atoms with van der Waals surface area (Å²) >= 11 is 1.11. The number of halogens is 4. The van der Waals surface area contributed by atoms with Crippen LogP contribution in [0.1, 0.15) is 59.6 Å². The van der Waals surface area contributed by atoms with E-state index in [-0.39, 0.29) is 27.9 Å². The van der Waals surface area contributed by atoms with Crippen LogP contribution in [0.3, 0.4) is 0 Å². The van der Waals surface area contributed by atoms with Crippen molar-refractivity contribution in [1.82, 2.24) is 10.2 Å². The van der Waals surface area contributed by atoms with Gasteiger partial charge >= 0.3 is 6.18 Å². The molecule has 1 N–H and O–H groups in total. The Morgan fingerprint density at radius 2 is 1.72 bits per heavy atom. The second-order valence-corrected chi connectivity index (χ2v) is 9.37. The Labute approximate surface area is 189 Å². The zero-order chi connectivity index (χ0) is 22.9. The highest BCUT2D eigenvalue weighted by molar-refractivity contribution is 7.98. The van der Waals surface area contributed by atoms with Crippen molar-refractivity contribution in [3.8, 4) is 0 Å². The van der Waals surface area contributed by atoms with E-state index < -0.39 is 17.6 Å². The van der Waals surface area contributed by atoms with E-state index in [0.29, 0.717) is 0 Å². The van der Waals surface area contributed by atoms with Crippen molar-refractivity contribution < 1.29 is 22.4 Å². The van der Waals surface area contributed by atoms with Gasteiger partial charge in [0, 0.05) is 10.4 Å². The summed E-state index contributed by atoms with van der Waals surface area (Å²) in [6.45, 7) is 1.90. The molecule has 0 spiro atoms. The molecular formula is C24H26F4N2OS. The van der Waals surface area contributed by atoms with Crippen LogP contribution in [0.4, 0.5) is 17.6 Å². The summed E-state index contributed by atoms with van der Waals surface area (Å²) in [7, 11) is 0. The molecule has 1 aliphatic heterocycles. The van der Waals surface area contributed by atoms with Crippen LogP contribution in [-0.4, -0.2) is 35.7 Å². The SMILES string of the molecule is CSc1cc(C(F)(F)F)ccc1C(=O)NC(c1ccc(F)cc1)C1(N2CCCC2)CCC1. The predicted octanol–water partition coefficient (Wildman–Crippen LogP) is 6.06. The van der Waals surface area contributed by atoms with E-state index >= 15 is 0 Å². The maximum atomic E-state index is 13.6. The first-order chi connectivity index (χ1) is 15.2.